The van der Waals surface area contributed by atoms with Crippen LogP contribution in [0.25, 0.3) is 10.4 Å². The second kappa shape index (κ2) is 7.54. The lowest BCUT2D eigenvalue weighted by atomic mass is 10.1. The van der Waals surface area contributed by atoms with Gasteiger partial charge in [0.2, 0.25) is 0 Å². The number of ether oxygens (including phenoxy) is 1. The minimum absolute atomic E-state index is 0.180. The minimum atomic E-state index is -0.506. The van der Waals surface area contributed by atoms with Crippen LogP contribution < -0.4 is 5.32 Å². The minimum Gasteiger partial charge on any atom is -0.461 e. The van der Waals surface area contributed by atoms with Crippen LogP contribution in [0, 0.1) is 6.92 Å². The summed E-state index contributed by atoms with van der Waals surface area (Å²) in [5.74, 6) is -0.860. The summed E-state index contributed by atoms with van der Waals surface area (Å²) in [6, 6.07) is 9.62. The van der Waals surface area contributed by atoms with E-state index in [9.17, 15) is 9.59 Å². The summed E-state index contributed by atoms with van der Waals surface area (Å²) in [7, 11) is 0. The van der Waals surface area contributed by atoms with Gasteiger partial charge in [0, 0.05) is 5.38 Å². The molecule has 0 saturated carbocycles. The molecule has 2 aromatic heterocycles. The lowest BCUT2D eigenvalue weighted by molar-refractivity contribution is 0.0520. The normalized spacial score (nSPS) is 10.5. The summed E-state index contributed by atoms with van der Waals surface area (Å²) in [5, 5.41) is 5.39. The quantitative estimate of drug-likeness (QED) is 0.684. The summed E-state index contributed by atoms with van der Waals surface area (Å²) >= 11 is 2.63. The number of carbonyl (C=O) groups excluding carboxylic acids is 2. The summed E-state index contributed by atoms with van der Waals surface area (Å²) in [4.78, 5) is 33.5. The second-order valence-corrected chi connectivity index (χ2v) is 7.05. The zero-order valence-corrected chi connectivity index (χ0v) is 15.2. The third-order valence-electron chi connectivity index (χ3n) is 3.19. The standard InChI is InChI=1S/C17H15N3O3S2/c1-3-23-16(22)12-9-24-17(19-12)20-15(21)13-14(25-10(2)18-13)11-7-5-4-6-8-11/h4-9H,3H2,1-2H3,(H,19,20,21). The average molecular weight is 373 g/mol. The van der Waals surface area contributed by atoms with Crippen LogP contribution in [0.4, 0.5) is 5.13 Å². The van der Waals surface area contributed by atoms with Crippen LogP contribution in [0.15, 0.2) is 35.7 Å². The molecule has 3 rings (SSSR count). The molecule has 0 atom stereocenters. The second-order valence-electron chi connectivity index (χ2n) is 4.99. The van der Waals surface area contributed by atoms with Gasteiger partial charge in [0.25, 0.3) is 5.91 Å². The van der Waals surface area contributed by atoms with E-state index >= 15 is 0 Å². The molecule has 1 N–H and O–H groups in total. The van der Waals surface area contributed by atoms with Crippen molar-refractivity contribution in [2.45, 2.75) is 13.8 Å². The Bertz CT molecular complexity index is 903. The van der Waals surface area contributed by atoms with Crippen molar-refractivity contribution in [2.75, 3.05) is 11.9 Å². The average Bonchev–Trinajstić information content (AvgIpc) is 3.22. The number of aromatic nitrogens is 2. The van der Waals surface area contributed by atoms with Crippen LogP contribution in [0.1, 0.15) is 32.9 Å². The van der Waals surface area contributed by atoms with Crippen molar-refractivity contribution in [3.05, 3.63) is 52.1 Å². The van der Waals surface area contributed by atoms with E-state index in [-0.39, 0.29) is 18.2 Å². The van der Waals surface area contributed by atoms with E-state index in [2.05, 4.69) is 15.3 Å². The summed E-state index contributed by atoms with van der Waals surface area (Å²) in [6.45, 7) is 3.86. The zero-order chi connectivity index (χ0) is 17.8. The van der Waals surface area contributed by atoms with Gasteiger partial charge in [-0.15, -0.1) is 22.7 Å². The fourth-order valence-electron chi connectivity index (χ4n) is 2.15. The van der Waals surface area contributed by atoms with E-state index in [4.69, 9.17) is 4.74 Å². The van der Waals surface area contributed by atoms with Gasteiger partial charge in [-0.25, -0.2) is 14.8 Å². The van der Waals surface area contributed by atoms with E-state index in [1.807, 2.05) is 37.3 Å². The first-order valence-electron chi connectivity index (χ1n) is 7.55. The van der Waals surface area contributed by atoms with Crippen LogP contribution in [0.2, 0.25) is 0 Å². The summed E-state index contributed by atoms with van der Waals surface area (Å²) < 4.78 is 4.89. The molecule has 0 aliphatic heterocycles. The predicted octanol–water partition coefficient (Wildman–Crippen LogP) is 4.00. The van der Waals surface area contributed by atoms with E-state index in [1.54, 1.807) is 12.3 Å². The van der Waals surface area contributed by atoms with Gasteiger partial charge in [0.1, 0.15) is 5.69 Å². The molecule has 0 aliphatic carbocycles. The van der Waals surface area contributed by atoms with Crippen molar-refractivity contribution in [1.29, 1.82) is 0 Å². The highest BCUT2D eigenvalue weighted by Crippen LogP contribution is 2.30. The maximum absolute atomic E-state index is 12.6. The lowest BCUT2D eigenvalue weighted by Gasteiger charge is -2.02. The molecule has 3 aromatic rings. The van der Waals surface area contributed by atoms with Crippen molar-refractivity contribution < 1.29 is 14.3 Å². The number of amides is 1. The molecule has 6 nitrogen and oxygen atoms in total. The summed E-state index contributed by atoms with van der Waals surface area (Å²) in [6.07, 6.45) is 0. The Morgan fingerprint density at radius 1 is 1.20 bits per heavy atom. The number of rotatable bonds is 5. The van der Waals surface area contributed by atoms with Crippen LogP contribution in [0.3, 0.4) is 0 Å². The molecule has 0 saturated heterocycles. The summed E-state index contributed by atoms with van der Waals surface area (Å²) in [5.41, 5.74) is 1.46. The molecule has 0 radical (unpaired) electrons. The number of carbonyl (C=O) groups is 2. The smallest absolute Gasteiger partial charge is 0.357 e. The fraction of sp³-hybridized carbons (Fsp3) is 0.176. The van der Waals surface area contributed by atoms with Crippen molar-refractivity contribution >= 4 is 39.7 Å². The molecule has 0 bridgehead atoms. The highest BCUT2D eigenvalue weighted by atomic mass is 32.1. The van der Waals surface area contributed by atoms with Gasteiger partial charge in [0.05, 0.1) is 16.5 Å². The number of hydrogen-bond donors (Lipinski definition) is 1. The topological polar surface area (TPSA) is 81.2 Å². The van der Waals surface area contributed by atoms with Gasteiger partial charge < -0.3 is 4.74 Å². The Kier molecular flexibility index (Phi) is 5.20. The number of anilines is 1. The Morgan fingerprint density at radius 3 is 2.68 bits per heavy atom. The third kappa shape index (κ3) is 3.92. The molecule has 0 aliphatic rings. The zero-order valence-electron chi connectivity index (χ0n) is 13.6. The van der Waals surface area contributed by atoms with Gasteiger partial charge in [-0.1, -0.05) is 30.3 Å². The first-order chi connectivity index (χ1) is 12.1. The monoisotopic (exact) mass is 373 g/mol. The molecular weight excluding hydrogens is 358 g/mol. The first kappa shape index (κ1) is 17.2. The largest absolute Gasteiger partial charge is 0.461 e. The van der Waals surface area contributed by atoms with Gasteiger partial charge in [-0.3, -0.25) is 10.1 Å². The third-order valence-corrected chi connectivity index (χ3v) is 4.97. The van der Waals surface area contributed by atoms with Gasteiger partial charge in [0.15, 0.2) is 10.8 Å². The van der Waals surface area contributed by atoms with E-state index in [0.717, 1.165) is 15.4 Å². The number of nitrogens with one attached hydrogen (secondary N) is 1. The molecule has 2 heterocycles. The molecular formula is C17H15N3O3S2. The predicted molar refractivity (Wildman–Crippen MR) is 98.3 cm³/mol. The van der Waals surface area contributed by atoms with Crippen molar-refractivity contribution in [1.82, 2.24) is 9.97 Å². The molecule has 0 fully saturated rings. The molecule has 0 unspecified atom stereocenters. The highest BCUT2D eigenvalue weighted by Gasteiger charge is 2.20. The Morgan fingerprint density at radius 2 is 1.96 bits per heavy atom. The molecule has 0 spiro atoms. The molecule has 128 valence electrons. The van der Waals surface area contributed by atoms with Crippen molar-refractivity contribution in [3.8, 4) is 10.4 Å². The SMILES string of the molecule is CCOC(=O)c1csc(NC(=O)c2nc(C)sc2-c2ccccc2)n1. The van der Waals surface area contributed by atoms with Crippen molar-refractivity contribution in [3.63, 3.8) is 0 Å². The molecule has 8 heteroatoms. The molecule has 1 amide bonds. The number of nitrogens with zero attached hydrogens (tertiary/aromatic N) is 2. The maximum Gasteiger partial charge on any atom is 0.357 e. The number of benzene rings is 1. The van der Waals surface area contributed by atoms with Crippen LogP contribution >= 0.6 is 22.7 Å². The van der Waals surface area contributed by atoms with Crippen LogP contribution in [-0.2, 0) is 4.74 Å². The number of esters is 1. The van der Waals surface area contributed by atoms with Gasteiger partial charge in [-0.2, -0.15) is 0 Å². The highest BCUT2D eigenvalue weighted by molar-refractivity contribution is 7.15. The molecule has 1 aromatic carbocycles. The first-order valence-corrected chi connectivity index (χ1v) is 9.25. The van der Waals surface area contributed by atoms with Crippen molar-refractivity contribution in [2.24, 2.45) is 0 Å². The fourth-order valence-corrected chi connectivity index (χ4v) is 3.75. The lowest BCUT2D eigenvalue weighted by Crippen LogP contribution is -2.14. The Hall–Kier alpha value is -2.58. The van der Waals surface area contributed by atoms with E-state index in [1.165, 1.54) is 22.7 Å². The van der Waals surface area contributed by atoms with E-state index < -0.39 is 5.97 Å². The number of aryl methyl sites for hydroxylation is 1. The Labute approximate surface area is 152 Å². The van der Waals surface area contributed by atoms with Gasteiger partial charge >= 0.3 is 5.97 Å². The van der Waals surface area contributed by atoms with Crippen LogP contribution in [-0.4, -0.2) is 28.5 Å². The Balaban J connectivity index is 1.82. The number of thiazole rings is 2. The number of hydrogen-bond acceptors (Lipinski definition) is 7. The maximum atomic E-state index is 12.6. The van der Waals surface area contributed by atoms with Gasteiger partial charge in [-0.05, 0) is 19.4 Å². The molecule has 25 heavy (non-hydrogen) atoms. The van der Waals surface area contributed by atoms with E-state index in [0.29, 0.717) is 10.8 Å². The van der Waals surface area contributed by atoms with Crippen LogP contribution in [0.5, 0.6) is 0 Å².